The Labute approximate surface area is 284 Å². The zero-order chi connectivity index (χ0) is 33.8. The van der Waals surface area contributed by atoms with Crippen molar-refractivity contribution in [3.8, 4) is 33.6 Å². The Morgan fingerprint density at radius 2 is 1.44 bits per heavy atom. The Hall–Kier alpha value is -5.15. The second-order valence-corrected chi connectivity index (χ2v) is 14.3. The van der Waals surface area contributed by atoms with Crippen LogP contribution in [0.4, 0.5) is 0 Å². The van der Waals surface area contributed by atoms with E-state index < -0.39 is 17.9 Å². The summed E-state index contributed by atoms with van der Waals surface area (Å²) in [6, 6.07) is 29.1. The first-order chi connectivity index (χ1) is 23.0. The minimum Gasteiger partial charge on any atom is -0.481 e. The van der Waals surface area contributed by atoms with Crippen molar-refractivity contribution in [2.24, 2.45) is 5.92 Å². The summed E-state index contributed by atoms with van der Waals surface area (Å²) in [6.45, 7) is 6.75. The molecule has 0 spiro atoms. The van der Waals surface area contributed by atoms with Crippen LogP contribution in [-0.2, 0) is 21.4 Å². The topological polar surface area (TPSA) is 112 Å². The third-order valence-corrected chi connectivity index (χ3v) is 10.2. The lowest BCUT2D eigenvalue weighted by Gasteiger charge is -2.24. The predicted octanol–water partition coefficient (Wildman–Crippen LogP) is 7.11. The van der Waals surface area contributed by atoms with Crippen molar-refractivity contribution >= 4 is 29.1 Å². The van der Waals surface area contributed by atoms with Crippen molar-refractivity contribution in [3.63, 3.8) is 0 Å². The summed E-state index contributed by atoms with van der Waals surface area (Å²) in [7, 11) is 0. The molecule has 3 aromatic carbocycles. The van der Waals surface area contributed by atoms with Gasteiger partial charge in [0.2, 0.25) is 5.91 Å². The number of amides is 2. The predicted molar refractivity (Wildman–Crippen MR) is 189 cm³/mol. The molecule has 2 amide bonds. The van der Waals surface area contributed by atoms with Crippen LogP contribution in [-0.4, -0.2) is 56.9 Å². The molecule has 1 aliphatic heterocycles. The van der Waals surface area contributed by atoms with E-state index in [1.54, 1.807) is 11.0 Å². The van der Waals surface area contributed by atoms with Crippen LogP contribution in [0.5, 0.6) is 0 Å². The van der Waals surface area contributed by atoms with E-state index in [1.807, 2.05) is 60.9 Å². The molecule has 3 heterocycles. The standard InChI is InChI=1S/C39H38N4O4S/c1-39(2,3)34-18-17-33(48-34)36(44)42-32(37(45)43-20-19-30(24-43)38(46)47)21-25-9-11-29(12-10-25)35-40-22-31(23-41-35)28-15-13-27(14-16-28)26-7-5-4-6-8-26/h4-18,22-23,30,32H,19-21,24H2,1-3H3,(H,42,44)(H,46,47)/t30-,32-/m0/s1. The number of aromatic nitrogens is 2. The molecule has 9 heteroatoms. The Morgan fingerprint density at radius 3 is 2.02 bits per heavy atom. The molecule has 1 aliphatic rings. The lowest BCUT2D eigenvalue weighted by molar-refractivity contribution is -0.141. The maximum Gasteiger partial charge on any atom is 0.308 e. The van der Waals surface area contributed by atoms with Gasteiger partial charge >= 0.3 is 5.97 Å². The first kappa shape index (κ1) is 32.8. The first-order valence-corrected chi connectivity index (χ1v) is 16.9. The van der Waals surface area contributed by atoms with Crippen LogP contribution in [0, 0.1) is 5.92 Å². The second-order valence-electron chi connectivity index (χ2n) is 13.2. The van der Waals surface area contributed by atoms with Crippen molar-refractivity contribution < 1.29 is 19.5 Å². The van der Waals surface area contributed by atoms with Gasteiger partial charge in [0.25, 0.3) is 5.91 Å². The molecule has 2 N–H and O–H groups in total. The lowest BCUT2D eigenvalue weighted by Crippen LogP contribution is -2.49. The molecule has 48 heavy (non-hydrogen) atoms. The van der Waals surface area contributed by atoms with Gasteiger partial charge in [-0.05, 0) is 46.2 Å². The highest BCUT2D eigenvalue weighted by Crippen LogP contribution is 2.30. The van der Waals surface area contributed by atoms with Crippen LogP contribution < -0.4 is 5.32 Å². The van der Waals surface area contributed by atoms with Crippen molar-refractivity contribution in [2.75, 3.05) is 13.1 Å². The summed E-state index contributed by atoms with van der Waals surface area (Å²) >= 11 is 1.41. The smallest absolute Gasteiger partial charge is 0.308 e. The highest BCUT2D eigenvalue weighted by Gasteiger charge is 2.35. The lowest BCUT2D eigenvalue weighted by atomic mass is 9.95. The van der Waals surface area contributed by atoms with Gasteiger partial charge in [0.05, 0.1) is 10.8 Å². The second kappa shape index (κ2) is 13.9. The zero-order valence-corrected chi connectivity index (χ0v) is 28.0. The number of carbonyl (C=O) groups excluding carboxylic acids is 2. The Bertz CT molecular complexity index is 1900. The first-order valence-electron chi connectivity index (χ1n) is 16.0. The maximum absolute atomic E-state index is 13.7. The number of hydrogen-bond acceptors (Lipinski definition) is 6. The fourth-order valence-electron chi connectivity index (χ4n) is 5.81. The molecule has 1 fully saturated rings. The van der Waals surface area contributed by atoms with Crippen LogP contribution in [0.15, 0.2) is 103 Å². The van der Waals surface area contributed by atoms with E-state index in [4.69, 9.17) is 0 Å². The van der Waals surface area contributed by atoms with E-state index in [0.29, 0.717) is 23.7 Å². The van der Waals surface area contributed by atoms with E-state index in [0.717, 1.165) is 38.3 Å². The van der Waals surface area contributed by atoms with Crippen molar-refractivity contribution in [3.05, 3.63) is 119 Å². The average molecular weight is 659 g/mol. The summed E-state index contributed by atoms with van der Waals surface area (Å²) in [4.78, 5) is 51.0. The van der Waals surface area contributed by atoms with Gasteiger partial charge in [-0.3, -0.25) is 14.4 Å². The monoisotopic (exact) mass is 658 g/mol. The van der Waals surface area contributed by atoms with Gasteiger partial charge in [-0.15, -0.1) is 11.3 Å². The number of aliphatic carboxylic acids is 1. The van der Waals surface area contributed by atoms with Crippen LogP contribution in [0.2, 0.25) is 0 Å². The molecular weight excluding hydrogens is 621 g/mol. The molecular formula is C39H38N4O4S. The molecule has 2 aromatic heterocycles. The molecule has 6 rings (SSSR count). The number of carboxylic acid groups (broad SMARTS) is 1. The van der Waals surface area contributed by atoms with Gasteiger partial charge in [-0.1, -0.05) is 99.6 Å². The quantitative estimate of drug-likeness (QED) is 0.175. The fourth-order valence-corrected chi connectivity index (χ4v) is 6.78. The number of rotatable bonds is 9. The Kier molecular flexibility index (Phi) is 9.50. The summed E-state index contributed by atoms with van der Waals surface area (Å²) in [6.07, 6.45) is 4.28. The highest BCUT2D eigenvalue weighted by atomic mass is 32.1. The number of benzene rings is 3. The van der Waals surface area contributed by atoms with E-state index >= 15 is 0 Å². The van der Waals surface area contributed by atoms with Crippen LogP contribution in [0.3, 0.4) is 0 Å². The fraction of sp³-hybridized carbons (Fsp3) is 0.256. The number of hydrogen-bond donors (Lipinski definition) is 2. The van der Waals surface area contributed by atoms with E-state index in [-0.39, 0.29) is 30.2 Å². The van der Waals surface area contributed by atoms with Gasteiger partial charge in [-0.2, -0.15) is 0 Å². The van der Waals surface area contributed by atoms with Gasteiger partial charge < -0.3 is 15.3 Å². The van der Waals surface area contributed by atoms with E-state index in [2.05, 4.69) is 72.5 Å². The van der Waals surface area contributed by atoms with Gasteiger partial charge in [-0.25, -0.2) is 9.97 Å². The Balaban J connectivity index is 1.16. The number of nitrogens with zero attached hydrogens (tertiary/aromatic N) is 3. The highest BCUT2D eigenvalue weighted by molar-refractivity contribution is 7.14. The van der Waals surface area contributed by atoms with Gasteiger partial charge in [0, 0.05) is 47.9 Å². The molecule has 0 aliphatic carbocycles. The molecule has 1 saturated heterocycles. The summed E-state index contributed by atoms with van der Waals surface area (Å²) in [5.41, 5.74) is 5.83. The van der Waals surface area contributed by atoms with Crippen molar-refractivity contribution in [1.82, 2.24) is 20.2 Å². The van der Waals surface area contributed by atoms with Gasteiger partial charge in [0.1, 0.15) is 6.04 Å². The largest absolute Gasteiger partial charge is 0.481 e. The van der Waals surface area contributed by atoms with E-state index in [1.165, 1.54) is 11.3 Å². The summed E-state index contributed by atoms with van der Waals surface area (Å²) in [5.74, 6) is -1.53. The summed E-state index contributed by atoms with van der Waals surface area (Å²) < 4.78 is 0. The molecule has 2 atom stereocenters. The normalized spacial score (nSPS) is 15.2. The molecule has 0 radical (unpaired) electrons. The molecule has 0 unspecified atom stereocenters. The van der Waals surface area contributed by atoms with Crippen LogP contribution >= 0.6 is 11.3 Å². The van der Waals surface area contributed by atoms with Crippen LogP contribution in [0.1, 0.15) is 47.3 Å². The third-order valence-electron chi connectivity index (χ3n) is 8.65. The molecule has 5 aromatic rings. The van der Waals surface area contributed by atoms with Crippen molar-refractivity contribution in [1.29, 1.82) is 0 Å². The van der Waals surface area contributed by atoms with Gasteiger partial charge in [0.15, 0.2) is 5.82 Å². The summed E-state index contributed by atoms with van der Waals surface area (Å²) in [5, 5.41) is 12.4. The number of thiophene rings is 1. The minimum absolute atomic E-state index is 0.0975. The number of carbonyl (C=O) groups is 3. The average Bonchev–Trinajstić information content (AvgIpc) is 3.81. The third kappa shape index (κ3) is 7.52. The molecule has 0 saturated carbocycles. The number of likely N-dealkylation sites (tertiary alicyclic amines) is 1. The molecule has 8 nitrogen and oxygen atoms in total. The number of carboxylic acids is 1. The van der Waals surface area contributed by atoms with Crippen molar-refractivity contribution in [2.45, 2.75) is 45.1 Å². The minimum atomic E-state index is -0.911. The maximum atomic E-state index is 13.7. The molecule has 0 bridgehead atoms. The molecule has 244 valence electrons. The number of nitrogens with one attached hydrogen (secondary N) is 1. The zero-order valence-electron chi connectivity index (χ0n) is 27.2. The SMILES string of the molecule is CC(C)(C)c1ccc(C(=O)N[C@@H](Cc2ccc(-c3ncc(-c4ccc(-c5ccccc5)cc4)cn3)cc2)C(=O)N2CC[C@H](C(=O)O)C2)s1. The van der Waals surface area contributed by atoms with Crippen LogP contribution in [0.25, 0.3) is 33.6 Å². The Morgan fingerprint density at radius 1 is 0.833 bits per heavy atom. The van der Waals surface area contributed by atoms with E-state index in [9.17, 15) is 19.5 Å².